The molecular formula is C17H16ClNO3S2. The first-order chi connectivity index (χ1) is 11.5. The second-order valence-corrected chi connectivity index (χ2v) is 8.86. The van der Waals surface area contributed by atoms with Gasteiger partial charge in [0.1, 0.15) is 5.25 Å². The molecule has 0 fully saturated rings. The average Bonchev–Trinajstić information content (AvgIpc) is 2.56. The van der Waals surface area contributed by atoms with Crippen molar-refractivity contribution in [1.29, 1.82) is 0 Å². The van der Waals surface area contributed by atoms with Crippen LogP contribution in [0.1, 0.15) is 21.9 Å². The molecule has 7 heteroatoms. The van der Waals surface area contributed by atoms with Crippen molar-refractivity contribution in [2.24, 2.45) is 0 Å². The second kappa shape index (κ2) is 7.17. The molecule has 0 saturated carbocycles. The summed E-state index contributed by atoms with van der Waals surface area (Å²) in [7, 11) is -3.81. The number of benzene rings is 2. The zero-order valence-corrected chi connectivity index (χ0v) is 15.1. The predicted molar refractivity (Wildman–Crippen MR) is 97.6 cm³/mol. The summed E-state index contributed by atoms with van der Waals surface area (Å²) >= 11 is 7.46. The maximum atomic E-state index is 12.5. The predicted octanol–water partition coefficient (Wildman–Crippen LogP) is 3.32. The number of thioether (sulfide) groups is 1. The summed E-state index contributed by atoms with van der Waals surface area (Å²) in [4.78, 5) is 12.5. The highest BCUT2D eigenvalue weighted by Crippen LogP contribution is 2.36. The van der Waals surface area contributed by atoms with Crippen LogP contribution in [-0.4, -0.2) is 20.1 Å². The first kappa shape index (κ1) is 17.3. The zero-order chi connectivity index (χ0) is 17.2. The van der Waals surface area contributed by atoms with E-state index in [0.717, 1.165) is 23.3 Å². The Morgan fingerprint density at radius 3 is 2.67 bits per heavy atom. The van der Waals surface area contributed by atoms with Gasteiger partial charge in [-0.25, -0.2) is 8.42 Å². The molecular weight excluding hydrogens is 366 g/mol. The third-order valence-electron chi connectivity index (χ3n) is 3.79. The summed E-state index contributed by atoms with van der Waals surface area (Å²) in [6, 6.07) is 14.4. The third kappa shape index (κ3) is 3.94. The number of amides is 1. The van der Waals surface area contributed by atoms with Crippen LogP contribution in [0.4, 0.5) is 0 Å². The van der Waals surface area contributed by atoms with E-state index in [1.807, 2.05) is 24.3 Å². The van der Waals surface area contributed by atoms with Crippen molar-refractivity contribution in [2.45, 2.75) is 17.4 Å². The molecule has 0 aromatic heterocycles. The summed E-state index contributed by atoms with van der Waals surface area (Å²) < 4.78 is 26.8. The maximum absolute atomic E-state index is 12.5. The lowest BCUT2D eigenvalue weighted by molar-refractivity contribution is -0.118. The minimum absolute atomic E-state index is 0.322. The van der Waals surface area contributed by atoms with Crippen molar-refractivity contribution < 1.29 is 13.2 Å². The van der Waals surface area contributed by atoms with E-state index in [4.69, 9.17) is 11.6 Å². The summed E-state index contributed by atoms with van der Waals surface area (Å²) in [6.07, 6.45) is 0.886. The minimum Gasteiger partial charge on any atom is -0.272 e. The highest BCUT2D eigenvalue weighted by Gasteiger charge is 2.29. The number of carbonyl (C=O) groups is 1. The van der Waals surface area contributed by atoms with Crippen molar-refractivity contribution in [3.8, 4) is 0 Å². The van der Waals surface area contributed by atoms with Gasteiger partial charge in [-0.2, -0.15) is 0 Å². The highest BCUT2D eigenvalue weighted by atomic mass is 35.5. The molecule has 1 atom stereocenters. The smallest absolute Gasteiger partial charge is 0.251 e. The molecule has 0 radical (unpaired) electrons. The van der Waals surface area contributed by atoms with Crippen molar-refractivity contribution in [3.63, 3.8) is 0 Å². The molecule has 0 spiro atoms. The van der Waals surface area contributed by atoms with Gasteiger partial charge in [-0.1, -0.05) is 54.1 Å². The number of hydrogen-bond acceptors (Lipinski definition) is 4. The van der Waals surface area contributed by atoms with Gasteiger partial charge in [-0.3, -0.25) is 9.52 Å². The van der Waals surface area contributed by atoms with Crippen LogP contribution >= 0.6 is 23.4 Å². The van der Waals surface area contributed by atoms with E-state index in [1.54, 1.807) is 24.3 Å². The lowest BCUT2D eigenvalue weighted by Gasteiger charge is -2.24. The third-order valence-corrected chi connectivity index (χ3v) is 6.60. The summed E-state index contributed by atoms with van der Waals surface area (Å²) in [5.74, 6) is -0.0314. The van der Waals surface area contributed by atoms with Crippen LogP contribution in [0.3, 0.4) is 0 Å². The average molecular weight is 382 g/mol. The van der Waals surface area contributed by atoms with Crippen LogP contribution in [0.25, 0.3) is 0 Å². The normalized spacial score (nSPS) is 17.1. The van der Waals surface area contributed by atoms with Gasteiger partial charge in [0, 0.05) is 5.02 Å². The van der Waals surface area contributed by atoms with E-state index < -0.39 is 21.2 Å². The van der Waals surface area contributed by atoms with Crippen molar-refractivity contribution in [2.75, 3.05) is 5.75 Å². The van der Waals surface area contributed by atoms with Gasteiger partial charge in [0.05, 0.1) is 5.75 Å². The summed E-state index contributed by atoms with van der Waals surface area (Å²) in [6.45, 7) is 0. The van der Waals surface area contributed by atoms with Gasteiger partial charge in [0.15, 0.2) is 0 Å². The lowest BCUT2D eigenvalue weighted by Crippen LogP contribution is -2.35. The number of aryl methyl sites for hydroxylation is 1. The van der Waals surface area contributed by atoms with Crippen LogP contribution < -0.4 is 4.72 Å². The zero-order valence-electron chi connectivity index (χ0n) is 12.7. The number of hydrogen-bond donors (Lipinski definition) is 1. The number of rotatable bonds is 4. The fourth-order valence-electron chi connectivity index (χ4n) is 2.67. The molecule has 0 aliphatic carbocycles. The first-order valence-corrected chi connectivity index (χ1v) is 10.5. The standard InChI is InChI=1S/C17H16ClNO3S2/c18-15-8-4-2-6-13(15)11-24(21,22)19-17(20)16-14-7-3-1-5-12(14)9-10-23-16/h1-8,16H,9-11H2,(H,19,20). The van der Waals surface area contributed by atoms with Crippen molar-refractivity contribution >= 4 is 39.3 Å². The van der Waals surface area contributed by atoms with Gasteiger partial charge >= 0.3 is 0 Å². The molecule has 1 aliphatic heterocycles. The number of fused-ring (bicyclic) bond motifs is 1. The number of sulfonamides is 1. The van der Waals surface area contributed by atoms with E-state index in [2.05, 4.69) is 4.72 Å². The van der Waals surface area contributed by atoms with Gasteiger partial charge in [0.25, 0.3) is 5.91 Å². The fourth-order valence-corrected chi connectivity index (χ4v) is 5.38. The molecule has 1 amide bonds. The molecule has 1 unspecified atom stereocenters. The topological polar surface area (TPSA) is 63.2 Å². The fraction of sp³-hybridized carbons (Fsp3) is 0.235. The Kier molecular flexibility index (Phi) is 5.18. The quantitative estimate of drug-likeness (QED) is 0.882. The molecule has 0 saturated heterocycles. The van der Waals surface area contributed by atoms with E-state index in [0.29, 0.717) is 10.6 Å². The van der Waals surface area contributed by atoms with E-state index >= 15 is 0 Å². The second-order valence-electron chi connectivity index (χ2n) is 5.52. The van der Waals surface area contributed by atoms with Crippen LogP contribution in [0.2, 0.25) is 5.02 Å². The van der Waals surface area contributed by atoms with Crippen LogP contribution in [0, 0.1) is 0 Å². The van der Waals surface area contributed by atoms with E-state index in [9.17, 15) is 13.2 Å². The minimum atomic E-state index is -3.81. The molecule has 0 bridgehead atoms. The molecule has 1 N–H and O–H groups in total. The summed E-state index contributed by atoms with van der Waals surface area (Å²) in [5.41, 5.74) is 2.45. The Bertz CT molecular complexity index is 868. The molecule has 126 valence electrons. The highest BCUT2D eigenvalue weighted by molar-refractivity contribution is 8.00. The monoisotopic (exact) mass is 381 g/mol. The van der Waals surface area contributed by atoms with E-state index in [-0.39, 0.29) is 5.75 Å². The van der Waals surface area contributed by atoms with Gasteiger partial charge in [0.2, 0.25) is 10.0 Å². The Balaban J connectivity index is 1.76. The number of nitrogens with one attached hydrogen (secondary N) is 1. The van der Waals surface area contributed by atoms with E-state index in [1.165, 1.54) is 11.8 Å². The maximum Gasteiger partial charge on any atom is 0.251 e. The Morgan fingerprint density at radius 1 is 1.17 bits per heavy atom. The molecule has 1 aliphatic rings. The first-order valence-electron chi connectivity index (χ1n) is 7.43. The largest absolute Gasteiger partial charge is 0.272 e. The Morgan fingerprint density at radius 2 is 1.88 bits per heavy atom. The lowest BCUT2D eigenvalue weighted by atomic mass is 10.0. The van der Waals surface area contributed by atoms with Crippen LogP contribution in [0.15, 0.2) is 48.5 Å². The van der Waals surface area contributed by atoms with Gasteiger partial charge in [-0.15, -0.1) is 11.8 Å². The Hall–Kier alpha value is -1.50. The molecule has 24 heavy (non-hydrogen) atoms. The number of carbonyl (C=O) groups excluding carboxylic acids is 1. The Labute approximate surface area is 150 Å². The van der Waals surface area contributed by atoms with Crippen LogP contribution in [-0.2, 0) is 27.0 Å². The van der Waals surface area contributed by atoms with Crippen molar-refractivity contribution in [3.05, 3.63) is 70.2 Å². The SMILES string of the molecule is O=C(NS(=O)(=O)Cc1ccccc1Cl)C1SCCc2ccccc21. The van der Waals surface area contributed by atoms with Crippen molar-refractivity contribution in [1.82, 2.24) is 4.72 Å². The summed E-state index contributed by atoms with van der Waals surface area (Å²) in [5, 5.41) is -0.135. The van der Waals surface area contributed by atoms with Crippen LogP contribution in [0.5, 0.6) is 0 Å². The molecule has 1 heterocycles. The molecule has 2 aromatic rings. The van der Waals surface area contributed by atoms with Gasteiger partial charge < -0.3 is 0 Å². The molecule has 2 aromatic carbocycles. The number of halogens is 1. The van der Waals surface area contributed by atoms with Gasteiger partial charge in [-0.05, 0) is 34.9 Å². The molecule has 4 nitrogen and oxygen atoms in total. The molecule has 3 rings (SSSR count).